The molecule has 0 spiro atoms. The van der Waals surface area contributed by atoms with Crippen LogP contribution in [0.3, 0.4) is 0 Å². The molecule has 14 nitrogen and oxygen atoms in total. The molecule has 4 aromatic rings. The second-order valence-electron chi connectivity index (χ2n) is 16.0. The molecule has 2 aromatic heterocycles. The van der Waals surface area contributed by atoms with Crippen LogP contribution in [-0.4, -0.2) is 70.0 Å². The highest BCUT2D eigenvalue weighted by Crippen LogP contribution is 2.32. The molecule has 0 saturated carbocycles. The van der Waals surface area contributed by atoms with Gasteiger partial charge in [0.1, 0.15) is 33.2 Å². The average molecular weight is 821 g/mol. The number of thiophene rings is 2. The second-order valence-corrected chi connectivity index (χ2v) is 17.8. The predicted octanol–water partition coefficient (Wildman–Crippen LogP) is 8.80. The molecule has 0 saturated heterocycles. The van der Waals surface area contributed by atoms with Gasteiger partial charge in [0.05, 0.1) is 16.8 Å². The van der Waals surface area contributed by atoms with Gasteiger partial charge in [0.2, 0.25) is 5.96 Å². The van der Waals surface area contributed by atoms with Gasteiger partial charge in [-0.25, -0.2) is 24.2 Å². The Balaban J connectivity index is 1.48. The number of hydrogen-bond acceptors (Lipinski definition) is 13. The molecule has 0 aliphatic carbocycles. The first-order valence-electron chi connectivity index (χ1n) is 18.0. The summed E-state index contributed by atoms with van der Waals surface area (Å²) in [6.45, 7) is 17.3. The minimum atomic E-state index is -0.851. The Morgan fingerprint density at radius 3 is 1.88 bits per heavy atom. The minimum Gasteiger partial charge on any atom is -0.456 e. The number of ketones is 1. The van der Waals surface area contributed by atoms with E-state index >= 15 is 0 Å². The Hall–Kier alpha value is -5.61. The lowest BCUT2D eigenvalue weighted by Gasteiger charge is -2.22. The van der Waals surface area contributed by atoms with Crippen molar-refractivity contribution < 1.29 is 47.7 Å². The fourth-order valence-electron chi connectivity index (χ4n) is 4.92. The van der Waals surface area contributed by atoms with Crippen molar-refractivity contribution in [3.8, 4) is 5.75 Å². The number of fused-ring (bicyclic) bond motifs is 1. The van der Waals surface area contributed by atoms with Crippen molar-refractivity contribution in [2.45, 2.75) is 99.0 Å². The summed E-state index contributed by atoms with van der Waals surface area (Å²) in [7, 11) is 0. The number of carbonyl (C=O) groups excluding carboxylic acids is 6. The molecule has 2 heterocycles. The molecule has 2 N–H and O–H groups in total. The van der Waals surface area contributed by atoms with E-state index in [2.05, 4.69) is 15.6 Å². The molecule has 57 heavy (non-hydrogen) atoms. The van der Waals surface area contributed by atoms with Gasteiger partial charge in [0.15, 0.2) is 0 Å². The van der Waals surface area contributed by atoms with Crippen LogP contribution in [0.15, 0.2) is 64.3 Å². The third-order valence-corrected chi connectivity index (χ3v) is 9.12. The van der Waals surface area contributed by atoms with Crippen LogP contribution < -0.4 is 15.4 Å². The van der Waals surface area contributed by atoms with E-state index in [0.29, 0.717) is 20.5 Å². The lowest BCUT2D eigenvalue weighted by atomic mass is 10.1. The standard InChI is InChI=1S/C41H48N4O10S2/c1-24(46)17-18-45(21-25-19-32(56-22-25)35(49)53-39(2,3)4)33(47)30-23-57-31-20-28(15-16-29(30)31)52-34(48)26-11-13-27(14-12-26)42-36(43-37(50)54-40(5,6)7)44-38(51)55-41(8,9)10/h11-16,19-20,22-23H,17-18,21H2,1-10H3,(H2,42,43,44,50,51). The Morgan fingerprint density at radius 2 is 1.32 bits per heavy atom. The number of aliphatic imine (C=N–C) groups is 1. The van der Waals surface area contributed by atoms with E-state index in [1.807, 2.05) is 0 Å². The summed E-state index contributed by atoms with van der Waals surface area (Å²) >= 11 is 2.53. The zero-order chi connectivity index (χ0) is 42.3. The second kappa shape index (κ2) is 18.1. The first-order valence-corrected chi connectivity index (χ1v) is 19.7. The predicted molar refractivity (Wildman–Crippen MR) is 219 cm³/mol. The number of guanidine groups is 1. The van der Waals surface area contributed by atoms with Crippen molar-refractivity contribution in [3.63, 3.8) is 0 Å². The van der Waals surface area contributed by atoms with Gasteiger partial charge in [-0.15, -0.1) is 22.7 Å². The Kier molecular flexibility index (Phi) is 14.0. The fraction of sp³-hybridized carbons (Fsp3) is 0.390. The van der Waals surface area contributed by atoms with Crippen LogP contribution in [0.1, 0.15) is 112 Å². The molecule has 4 rings (SSSR count). The summed E-state index contributed by atoms with van der Waals surface area (Å²) in [6.07, 6.45) is -1.54. The zero-order valence-corrected chi connectivity index (χ0v) is 35.3. The van der Waals surface area contributed by atoms with E-state index in [4.69, 9.17) is 18.9 Å². The summed E-state index contributed by atoms with van der Waals surface area (Å²) < 4.78 is 22.4. The van der Waals surface area contributed by atoms with Crippen LogP contribution in [0.25, 0.3) is 10.1 Å². The number of benzene rings is 2. The smallest absolute Gasteiger partial charge is 0.414 e. The molecule has 2 aromatic carbocycles. The molecule has 16 heteroatoms. The van der Waals surface area contributed by atoms with Crippen LogP contribution >= 0.6 is 22.7 Å². The van der Waals surface area contributed by atoms with E-state index in [1.165, 1.54) is 53.9 Å². The van der Waals surface area contributed by atoms with Crippen molar-refractivity contribution in [3.05, 3.63) is 80.9 Å². The number of Topliss-reactive ketones (excluding diaryl/α,β-unsaturated/α-hetero) is 1. The molecule has 304 valence electrons. The highest BCUT2D eigenvalue weighted by molar-refractivity contribution is 7.17. The molecule has 0 aliphatic heterocycles. The Bertz CT molecular complexity index is 2140. The normalized spacial score (nSPS) is 11.6. The van der Waals surface area contributed by atoms with E-state index in [1.54, 1.807) is 102 Å². The van der Waals surface area contributed by atoms with E-state index in [0.717, 1.165) is 5.56 Å². The number of esters is 2. The van der Waals surface area contributed by atoms with Crippen molar-refractivity contribution in [1.29, 1.82) is 0 Å². The highest BCUT2D eigenvalue weighted by atomic mass is 32.1. The molecule has 0 atom stereocenters. The number of nitrogens with one attached hydrogen (secondary N) is 2. The molecule has 3 amide bonds. The maximum atomic E-state index is 13.9. The molecule has 0 bridgehead atoms. The number of alkyl carbamates (subject to hydrolysis) is 2. The molecule has 0 fully saturated rings. The van der Waals surface area contributed by atoms with Gasteiger partial charge in [-0.3, -0.25) is 20.2 Å². The first kappa shape index (κ1) is 44.1. The van der Waals surface area contributed by atoms with Crippen LogP contribution in [0.4, 0.5) is 15.3 Å². The van der Waals surface area contributed by atoms with E-state index in [9.17, 15) is 28.8 Å². The summed E-state index contributed by atoms with van der Waals surface area (Å²) in [5.74, 6) is -1.45. The molecule has 0 radical (unpaired) electrons. The third kappa shape index (κ3) is 14.1. The number of hydrogen-bond donors (Lipinski definition) is 2. The number of amides is 3. The van der Waals surface area contributed by atoms with Gasteiger partial charge in [0.25, 0.3) is 5.91 Å². The van der Waals surface area contributed by atoms with Crippen molar-refractivity contribution in [2.75, 3.05) is 6.54 Å². The molecular weight excluding hydrogens is 773 g/mol. The third-order valence-electron chi connectivity index (χ3n) is 7.22. The van der Waals surface area contributed by atoms with Gasteiger partial charge < -0.3 is 23.8 Å². The lowest BCUT2D eigenvalue weighted by Crippen LogP contribution is -2.47. The van der Waals surface area contributed by atoms with Gasteiger partial charge in [0, 0.05) is 35.0 Å². The summed E-state index contributed by atoms with van der Waals surface area (Å²) in [5, 5.41) is 8.98. The number of rotatable bonds is 10. The van der Waals surface area contributed by atoms with Crippen LogP contribution in [0.2, 0.25) is 0 Å². The Morgan fingerprint density at radius 1 is 0.719 bits per heavy atom. The van der Waals surface area contributed by atoms with Gasteiger partial charge in [-0.05, 0) is 129 Å². The average Bonchev–Trinajstić information content (AvgIpc) is 3.71. The number of nitrogens with zero attached hydrogens (tertiary/aromatic N) is 2. The van der Waals surface area contributed by atoms with E-state index in [-0.39, 0.29) is 54.2 Å². The minimum absolute atomic E-state index is 0.0632. The van der Waals surface area contributed by atoms with Crippen LogP contribution in [0.5, 0.6) is 5.75 Å². The number of ether oxygens (including phenoxy) is 4. The zero-order valence-electron chi connectivity index (χ0n) is 33.7. The summed E-state index contributed by atoms with van der Waals surface area (Å²) in [4.78, 5) is 82.7. The monoisotopic (exact) mass is 820 g/mol. The van der Waals surface area contributed by atoms with Crippen molar-refractivity contribution >= 4 is 80.2 Å². The SMILES string of the molecule is CC(=O)CCN(Cc1csc(C(=O)OC(C)(C)C)c1)C(=O)c1csc2cc(OC(=O)c3ccc(N=C(NC(=O)OC(C)(C)C)NC(=O)OC(C)(C)C)cc3)ccc12. The topological polar surface area (TPSA) is 179 Å². The lowest BCUT2D eigenvalue weighted by molar-refractivity contribution is -0.117. The quantitative estimate of drug-likeness (QED) is 0.0516. The van der Waals surface area contributed by atoms with Gasteiger partial charge >= 0.3 is 24.1 Å². The Labute approximate surface area is 339 Å². The van der Waals surface area contributed by atoms with Gasteiger partial charge in [-0.1, -0.05) is 0 Å². The molecular formula is C41H48N4O10S2. The number of carbonyl (C=O) groups is 6. The largest absolute Gasteiger partial charge is 0.456 e. The summed E-state index contributed by atoms with van der Waals surface area (Å²) in [5.41, 5.74) is -0.621. The van der Waals surface area contributed by atoms with Crippen molar-refractivity contribution in [1.82, 2.24) is 15.5 Å². The van der Waals surface area contributed by atoms with Crippen molar-refractivity contribution in [2.24, 2.45) is 4.99 Å². The fourth-order valence-corrected chi connectivity index (χ4v) is 6.66. The van der Waals surface area contributed by atoms with Gasteiger partial charge in [-0.2, -0.15) is 0 Å². The van der Waals surface area contributed by atoms with Crippen LogP contribution in [-0.2, 0) is 25.5 Å². The maximum absolute atomic E-state index is 13.9. The first-order chi connectivity index (χ1) is 26.4. The highest BCUT2D eigenvalue weighted by Gasteiger charge is 2.25. The molecule has 0 aliphatic rings. The van der Waals surface area contributed by atoms with E-state index < -0.39 is 40.9 Å². The maximum Gasteiger partial charge on any atom is 0.414 e. The molecule has 0 unspecified atom stereocenters. The van der Waals surface area contributed by atoms with Crippen LogP contribution in [0, 0.1) is 0 Å². The summed E-state index contributed by atoms with van der Waals surface area (Å²) in [6, 6.07) is 12.6.